The Morgan fingerprint density at radius 2 is 2.25 bits per heavy atom. The third kappa shape index (κ3) is 1.63. The van der Waals surface area contributed by atoms with Gasteiger partial charge in [0.2, 0.25) is 0 Å². The molecule has 0 radical (unpaired) electrons. The van der Waals surface area contributed by atoms with E-state index in [-0.39, 0.29) is 5.56 Å². The summed E-state index contributed by atoms with van der Waals surface area (Å²) in [5.41, 5.74) is 5.56. The van der Waals surface area contributed by atoms with Crippen LogP contribution in [0.25, 0.3) is 0 Å². The zero-order valence-electron chi connectivity index (χ0n) is 6.09. The van der Waals surface area contributed by atoms with Gasteiger partial charge in [0, 0.05) is 5.56 Å². The van der Waals surface area contributed by atoms with E-state index >= 15 is 0 Å². The third-order valence-corrected chi connectivity index (χ3v) is 2.07. The first-order chi connectivity index (χ1) is 5.66. The Morgan fingerprint density at radius 3 is 2.83 bits per heavy atom. The first-order valence-corrected chi connectivity index (χ1v) is 4.05. The average Bonchev–Trinajstić information content (AvgIpc) is 2.08. The Bertz CT molecular complexity index is 332. The molecule has 0 fully saturated rings. The number of hydrogen-bond donors (Lipinski definition) is 1. The second-order valence-electron chi connectivity index (χ2n) is 2.25. The molecule has 12 heavy (non-hydrogen) atoms. The molecule has 1 rings (SSSR count). The highest BCUT2D eigenvalue weighted by molar-refractivity contribution is 9.10. The van der Waals surface area contributed by atoms with E-state index in [1.54, 1.807) is 18.2 Å². The van der Waals surface area contributed by atoms with Gasteiger partial charge in [-0.2, -0.15) is 5.26 Å². The van der Waals surface area contributed by atoms with Crippen molar-refractivity contribution in [1.29, 1.82) is 5.26 Å². The van der Waals surface area contributed by atoms with Gasteiger partial charge in [-0.25, -0.2) is 4.39 Å². The Labute approximate surface area is 77.9 Å². The second kappa shape index (κ2) is 3.65. The lowest BCUT2D eigenvalue weighted by molar-refractivity contribution is 0.597. The predicted octanol–water partition coefficient (Wildman–Crippen LogP) is 2.11. The lowest BCUT2D eigenvalue weighted by Crippen LogP contribution is -2.09. The van der Waals surface area contributed by atoms with Crippen molar-refractivity contribution in [3.05, 3.63) is 34.1 Å². The molecule has 0 saturated heterocycles. The zero-order chi connectivity index (χ0) is 9.14. The molecule has 0 spiro atoms. The SMILES string of the molecule is N#CC(N)c1cccc(Br)c1F. The average molecular weight is 229 g/mol. The van der Waals surface area contributed by atoms with Gasteiger partial charge in [0.1, 0.15) is 11.9 Å². The van der Waals surface area contributed by atoms with Gasteiger partial charge in [0.05, 0.1) is 10.5 Å². The molecule has 62 valence electrons. The molecule has 0 bridgehead atoms. The summed E-state index contributed by atoms with van der Waals surface area (Å²) in [6, 6.07) is 5.56. The van der Waals surface area contributed by atoms with Gasteiger partial charge < -0.3 is 5.73 Å². The highest BCUT2D eigenvalue weighted by Crippen LogP contribution is 2.21. The van der Waals surface area contributed by atoms with Crippen molar-refractivity contribution in [3.8, 4) is 6.07 Å². The van der Waals surface area contributed by atoms with Gasteiger partial charge in [-0.05, 0) is 22.0 Å². The summed E-state index contributed by atoms with van der Waals surface area (Å²) in [6.07, 6.45) is 0. The molecule has 0 aliphatic rings. The number of nitrogens with two attached hydrogens (primary N) is 1. The molecule has 0 aromatic heterocycles. The third-order valence-electron chi connectivity index (χ3n) is 1.46. The van der Waals surface area contributed by atoms with E-state index < -0.39 is 11.9 Å². The minimum absolute atomic E-state index is 0.215. The monoisotopic (exact) mass is 228 g/mol. The molecule has 0 amide bonds. The summed E-state index contributed by atoms with van der Waals surface area (Å²) in [5.74, 6) is -0.466. The van der Waals surface area contributed by atoms with Crippen LogP contribution in [0, 0.1) is 17.1 Å². The molecule has 2 nitrogen and oxygen atoms in total. The molecule has 2 N–H and O–H groups in total. The topological polar surface area (TPSA) is 49.8 Å². The minimum Gasteiger partial charge on any atom is -0.312 e. The van der Waals surface area contributed by atoms with Crippen molar-refractivity contribution in [1.82, 2.24) is 0 Å². The molecule has 1 aromatic carbocycles. The summed E-state index contributed by atoms with van der Waals surface area (Å²) >= 11 is 3.00. The summed E-state index contributed by atoms with van der Waals surface area (Å²) in [5, 5.41) is 8.45. The maximum absolute atomic E-state index is 13.2. The van der Waals surface area contributed by atoms with Crippen molar-refractivity contribution in [3.63, 3.8) is 0 Å². The Balaban J connectivity index is 3.18. The van der Waals surface area contributed by atoms with Crippen LogP contribution in [0.1, 0.15) is 11.6 Å². The molecule has 4 heteroatoms. The Hall–Kier alpha value is -0.920. The fourth-order valence-corrected chi connectivity index (χ4v) is 1.21. The largest absolute Gasteiger partial charge is 0.312 e. The van der Waals surface area contributed by atoms with E-state index in [1.807, 2.05) is 0 Å². The summed E-state index contributed by atoms with van der Waals surface area (Å²) in [4.78, 5) is 0. The Morgan fingerprint density at radius 1 is 1.58 bits per heavy atom. The van der Waals surface area contributed by atoms with Crippen molar-refractivity contribution in [2.75, 3.05) is 0 Å². The van der Waals surface area contributed by atoms with Crippen LogP contribution in [-0.4, -0.2) is 0 Å². The van der Waals surface area contributed by atoms with Crippen molar-refractivity contribution < 1.29 is 4.39 Å². The first-order valence-electron chi connectivity index (χ1n) is 3.26. The second-order valence-corrected chi connectivity index (χ2v) is 3.10. The van der Waals surface area contributed by atoms with Crippen LogP contribution in [-0.2, 0) is 0 Å². The van der Waals surface area contributed by atoms with Gasteiger partial charge in [0.15, 0.2) is 0 Å². The molecule has 1 atom stereocenters. The van der Waals surface area contributed by atoms with Gasteiger partial charge in [-0.1, -0.05) is 12.1 Å². The minimum atomic E-state index is -0.900. The number of nitrogens with zero attached hydrogens (tertiary/aromatic N) is 1. The van der Waals surface area contributed by atoms with E-state index in [9.17, 15) is 4.39 Å². The highest BCUT2D eigenvalue weighted by atomic mass is 79.9. The summed E-state index contributed by atoms with van der Waals surface area (Å²) in [6.45, 7) is 0. The van der Waals surface area contributed by atoms with E-state index in [2.05, 4.69) is 15.9 Å². The van der Waals surface area contributed by atoms with Crippen LogP contribution in [0.15, 0.2) is 22.7 Å². The van der Waals surface area contributed by atoms with Crippen LogP contribution in [0.3, 0.4) is 0 Å². The number of halogens is 2. The van der Waals surface area contributed by atoms with Gasteiger partial charge in [-0.15, -0.1) is 0 Å². The predicted molar refractivity (Wildman–Crippen MR) is 46.6 cm³/mol. The standard InChI is InChI=1S/C8H6BrFN2/c9-6-3-1-2-5(8(6)10)7(12)4-11/h1-3,7H,12H2. The van der Waals surface area contributed by atoms with Crippen LogP contribution in [0.2, 0.25) is 0 Å². The molecule has 0 saturated carbocycles. The molecule has 0 aliphatic carbocycles. The van der Waals surface area contributed by atoms with Crippen LogP contribution in [0.5, 0.6) is 0 Å². The smallest absolute Gasteiger partial charge is 0.143 e. The molecule has 1 unspecified atom stereocenters. The van der Waals surface area contributed by atoms with E-state index in [4.69, 9.17) is 11.0 Å². The Kier molecular flexibility index (Phi) is 2.79. The number of benzene rings is 1. The van der Waals surface area contributed by atoms with Crippen molar-refractivity contribution >= 4 is 15.9 Å². The summed E-state index contributed by atoms with van der Waals surface area (Å²) < 4.78 is 13.5. The molecule has 0 heterocycles. The lowest BCUT2D eigenvalue weighted by atomic mass is 10.1. The molecular formula is C8H6BrFN2. The van der Waals surface area contributed by atoms with Crippen molar-refractivity contribution in [2.45, 2.75) is 6.04 Å². The fraction of sp³-hybridized carbons (Fsp3) is 0.125. The molecular weight excluding hydrogens is 223 g/mol. The molecule has 0 aliphatic heterocycles. The van der Waals surface area contributed by atoms with Gasteiger partial charge in [-0.3, -0.25) is 0 Å². The van der Waals surface area contributed by atoms with Crippen LogP contribution >= 0.6 is 15.9 Å². The maximum Gasteiger partial charge on any atom is 0.143 e. The van der Waals surface area contributed by atoms with Crippen molar-refractivity contribution in [2.24, 2.45) is 5.73 Å². The maximum atomic E-state index is 13.2. The van der Waals surface area contributed by atoms with Crippen LogP contribution < -0.4 is 5.73 Å². The van der Waals surface area contributed by atoms with E-state index in [0.29, 0.717) is 4.47 Å². The van der Waals surface area contributed by atoms with Crippen LogP contribution in [0.4, 0.5) is 4.39 Å². The lowest BCUT2D eigenvalue weighted by Gasteiger charge is -2.04. The van der Waals surface area contributed by atoms with Gasteiger partial charge >= 0.3 is 0 Å². The number of hydrogen-bond acceptors (Lipinski definition) is 2. The highest BCUT2D eigenvalue weighted by Gasteiger charge is 2.11. The number of nitriles is 1. The molecule has 1 aromatic rings. The first kappa shape index (κ1) is 9.17. The summed E-state index contributed by atoms with van der Waals surface area (Å²) in [7, 11) is 0. The normalized spacial score (nSPS) is 12.2. The van der Waals surface area contributed by atoms with Gasteiger partial charge in [0.25, 0.3) is 0 Å². The number of rotatable bonds is 1. The zero-order valence-corrected chi connectivity index (χ0v) is 7.68. The van der Waals surface area contributed by atoms with E-state index in [1.165, 1.54) is 6.07 Å². The fourth-order valence-electron chi connectivity index (χ4n) is 0.830. The quantitative estimate of drug-likeness (QED) is 0.801. The van der Waals surface area contributed by atoms with E-state index in [0.717, 1.165) is 0 Å².